The van der Waals surface area contributed by atoms with E-state index in [0.717, 1.165) is 51.4 Å². The number of hydrogen-bond acceptors (Lipinski definition) is 2. The summed E-state index contributed by atoms with van der Waals surface area (Å²) in [6.45, 7) is 14.9. The summed E-state index contributed by atoms with van der Waals surface area (Å²) in [6.07, 6.45) is 3.36. The maximum Gasteiger partial charge on any atom is 0.191 e. The molecule has 27 heavy (non-hydrogen) atoms. The Labute approximate surface area is 182 Å². The van der Waals surface area contributed by atoms with Gasteiger partial charge in [-0.1, -0.05) is 56.3 Å². The zero-order valence-electron chi connectivity index (χ0n) is 17.4. The van der Waals surface area contributed by atoms with E-state index in [4.69, 9.17) is 0 Å². The number of likely N-dealkylation sites (tertiary alicyclic amines) is 1. The second-order valence-corrected chi connectivity index (χ2v) is 8.40. The largest absolute Gasteiger partial charge is 0.356 e. The number of benzene rings is 1. The topological polar surface area (TPSA) is 39.7 Å². The van der Waals surface area contributed by atoms with Crippen LogP contribution in [0.3, 0.4) is 0 Å². The lowest BCUT2D eigenvalue weighted by atomic mass is 9.86. The van der Waals surface area contributed by atoms with Gasteiger partial charge in [0.1, 0.15) is 0 Å². The summed E-state index contributed by atoms with van der Waals surface area (Å²) in [5.41, 5.74) is 2.80. The van der Waals surface area contributed by atoms with Crippen LogP contribution in [0.25, 0.3) is 0 Å². The quantitative estimate of drug-likeness (QED) is 0.265. The van der Waals surface area contributed by atoms with Gasteiger partial charge in [0.15, 0.2) is 5.96 Å². The molecule has 1 aromatic rings. The average molecular weight is 484 g/mol. The minimum Gasteiger partial charge on any atom is -0.356 e. The SMILES string of the molecule is C=C(C)CN1CCC(NC(=NC)NCC(C)(C)Cc2ccccc2)CC1.I. The average Bonchev–Trinajstić information content (AvgIpc) is 2.60. The molecule has 1 aliphatic rings. The van der Waals surface area contributed by atoms with E-state index in [9.17, 15) is 0 Å². The van der Waals surface area contributed by atoms with Crippen LogP contribution < -0.4 is 10.6 Å². The van der Waals surface area contributed by atoms with E-state index in [1.807, 2.05) is 7.05 Å². The van der Waals surface area contributed by atoms with E-state index in [1.165, 1.54) is 11.1 Å². The number of nitrogens with zero attached hydrogens (tertiary/aromatic N) is 2. The van der Waals surface area contributed by atoms with Crippen molar-refractivity contribution in [2.75, 3.05) is 33.2 Å². The number of hydrogen-bond donors (Lipinski definition) is 2. The molecule has 1 aliphatic heterocycles. The molecule has 0 aromatic heterocycles. The maximum absolute atomic E-state index is 4.43. The first-order valence-corrected chi connectivity index (χ1v) is 9.76. The van der Waals surface area contributed by atoms with Crippen molar-refractivity contribution in [1.29, 1.82) is 0 Å². The van der Waals surface area contributed by atoms with Crippen LogP contribution in [0.15, 0.2) is 47.5 Å². The van der Waals surface area contributed by atoms with Crippen molar-refractivity contribution in [2.45, 2.75) is 46.1 Å². The molecule has 5 heteroatoms. The number of halogens is 1. The molecule has 0 atom stereocenters. The van der Waals surface area contributed by atoms with Gasteiger partial charge < -0.3 is 10.6 Å². The fraction of sp³-hybridized carbons (Fsp3) is 0.591. The van der Waals surface area contributed by atoms with Crippen LogP contribution in [-0.2, 0) is 6.42 Å². The van der Waals surface area contributed by atoms with Crippen LogP contribution in [0.1, 0.15) is 39.2 Å². The molecule has 2 rings (SSSR count). The lowest BCUT2D eigenvalue weighted by Crippen LogP contribution is -2.50. The molecular weight excluding hydrogens is 447 g/mol. The van der Waals surface area contributed by atoms with Gasteiger partial charge in [0.05, 0.1) is 0 Å². The fourth-order valence-electron chi connectivity index (χ4n) is 3.54. The number of guanidine groups is 1. The third-order valence-electron chi connectivity index (χ3n) is 4.91. The van der Waals surface area contributed by atoms with Gasteiger partial charge in [-0.2, -0.15) is 0 Å². The van der Waals surface area contributed by atoms with Crippen LogP contribution in [0.4, 0.5) is 0 Å². The minimum atomic E-state index is 0. The molecule has 0 unspecified atom stereocenters. The van der Waals surface area contributed by atoms with E-state index < -0.39 is 0 Å². The van der Waals surface area contributed by atoms with Crippen LogP contribution in [0.2, 0.25) is 0 Å². The second-order valence-electron chi connectivity index (χ2n) is 8.40. The molecule has 0 amide bonds. The first kappa shape index (κ1) is 24.0. The molecule has 1 fully saturated rings. The smallest absolute Gasteiger partial charge is 0.191 e. The first-order valence-electron chi connectivity index (χ1n) is 9.76. The molecule has 0 aliphatic carbocycles. The van der Waals surface area contributed by atoms with Gasteiger partial charge >= 0.3 is 0 Å². The third kappa shape index (κ3) is 9.10. The van der Waals surface area contributed by atoms with Gasteiger partial charge in [-0.05, 0) is 37.2 Å². The van der Waals surface area contributed by atoms with Crippen LogP contribution in [0.5, 0.6) is 0 Å². The summed E-state index contributed by atoms with van der Waals surface area (Å²) in [5, 5.41) is 7.14. The third-order valence-corrected chi connectivity index (χ3v) is 4.91. The van der Waals surface area contributed by atoms with Crippen molar-refractivity contribution in [2.24, 2.45) is 10.4 Å². The van der Waals surface area contributed by atoms with Gasteiger partial charge in [-0.25, -0.2) is 0 Å². The van der Waals surface area contributed by atoms with Gasteiger partial charge in [0, 0.05) is 39.3 Å². The number of aliphatic imine (C=N–C) groups is 1. The molecular formula is C22H37IN4. The van der Waals surface area contributed by atoms with Crippen LogP contribution >= 0.6 is 24.0 Å². The highest BCUT2D eigenvalue weighted by Gasteiger charge is 2.22. The predicted molar refractivity (Wildman–Crippen MR) is 128 cm³/mol. The molecule has 0 bridgehead atoms. The van der Waals surface area contributed by atoms with Gasteiger partial charge in [-0.15, -0.1) is 24.0 Å². The highest BCUT2D eigenvalue weighted by atomic mass is 127. The minimum absolute atomic E-state index is 0. The molecule has 1 saturated heterocycles. The van der Waals surface area contributed by atoms with E-state index >= 15 is 0 Å². The molecule has 1 aromatic carbocycles. The standard InChI is InChI=1S/C22H36N4.HI/c1-18(2)16-26-13-11-20(12-14-26)25-21(23-5)24-17-22(3,4)15-19-9-7-6-8-10-19;/h6-10,20H,1,11-17H2,2-5H3,(H2,23,24,25);1H. The fourth-order valence-corrected chi connectivity index (χ4v) is 3.54. The van der Waals surface area contributed by atoms with Crippen molar-refractivity contribution in [3.05, 3.63) is 48.0 Å². The Balaban J connectivity index is 0.00000364. The summed E-state index contributed by atoms with van der Waals surface area (Å²) in [5.74, 6) is 0.921. The normalized spacial score (nSPS) is 16.5. The Kier molecular flexibility index (Phi) is 10.4. The summed E-state index contributed by atoms with van der Waals surface area (Å²) < 4.78 is 0. The lowest BCUT2D eigenvalue weighted by molar-refractivity contribution is 0.220. The monoisotopic (exact) mass is 484 g/mol. The highest BCUT2D eigenvalue weighted by Crippen LogP contribution is 2.20. The van der Waals surface area contributed by atoms with E-state index in [-0.39, 0.29) is 29.4 Å². The number of rotatable bonds is 7. The Morgan fingerprint density at radius 1 is 1.22 bits per heavy atom. The first-order chi connectivity index (χ1) is 12.4. The Hall–Kier alpha value is -1.08. The Morgan fingerprint density at radius 3 is 2.41 bits per heavy atom. The van der Waals surface area contributed by atoms with Crippen molar-refractivity contribution in [3.8, 4) is 0 Å². The van der Waals surface area contributed by atoms with Crippen molar-refractivity contribution in [3.63, 3.8) is 0 Å². The van der Waals surface area contributed by atoms with Crippen molar-refractivity contribution in [1.82, 2.24) is 15.5 Å². The summed E-state index contributed by atoms with van der Waals surface area (Å²) >= 11 is 0. The zero-order valence-corrected chi connectivity index (χ0v) is 19.8. The van der Waals surface area contributed by atoms with E-state index in [1.54, 1.807) is 0 Å². The lowest BCUT2D eigenvalue weighted by Gasteiger charge is -2.33. The number of piperidine rings is 1. The maximum atomic E-state index is 4.43. The van der Waals surface area contributed by atoms with E-state index in [2.05, 4.69) is 78.2 Å². The molecule has 152 valence electrons. The van der Waals surface area contributed by atoms with Crippen molar-refractivity contribution < 1.29 is 0 Å². The molecule has 0 radical (unpaired) electrons. The molecule has 4 nitrogen and oxygen atoms in total. The second kappa shape index (κ2) is 11.7. The molecule has 1 heterocycles. The number of nitrogens with one attached hydrogen (secondary N) is 2. The van der Waals surface area contributed by atoms with Gasteiger partial charge in [0.25, 0.3) is 0 Å². The van der Waals surface area contributed by atoms with Gasteiger partial charge in [0.2, 0.25) is 0 Å². The van der Waals surface area contributed by atoms with Crippen LogP contribution in [0, 0.1) is 5.41 Å². The van der Waals surface area contributed by atoms with E-state index in [0.29, 0.717) is 6.04 Å². The molecule has 0 saturated carbocycles. The molecule has 0 spiro atoms. The highest BCUT2D eigenvalue weighted by molar-refractivity contribution is 14.0. The summed E-state index contributed by atoms with van der Waals surface area (Å²) in [7, 11) is 1.86. The summed E-state index contributed by atoms with van der Waals surface area (Å²) in [4.78, 5) is 6.91. The molecule has 2 N–H and O–H groups in total. The predicted octanol–water partition coefficient (Wildman–Crippen LogP) is 4.08. The van der Waals surface area contributed by atoms with Crippen molar-refractivity contribution >= 4 is 29.9 Å². The Bertz CT molecular complexity index is 590. The van der Waals surface area contributed by atoms with Gasteiger partial charge in [-0.3, -0.25) is 9.89 Å². The summed E-state index contributed by atoms with van der Waals surface area (Å²) in [6, 6.07) is 11.2. The Morgan fingerprint density at radius 2 is 1.85 bits per heavy atom. The zero-order chi connectivity index (χ0) is 19.0. The van der Waals surface area contributed by atoms with Crippen LogP contribution in [-0.4, -0.2) is 50.1 Å².